The van der Waals surface area contributed by atoms with Crippen molar-refractivity contribution in [2.24, 2.45) is 0 Å². The van der Waals surface area contributed by atoms with Crippen LogP contribution < -0.4 is 5.32 Å². The molecule has 0 aliphatic carbocycles. The molecule has 6 nitrogen and oxygen atoms in total. The van der Waals surface area contributed by atoms with Gasteiger partial charge in [-0.15, -0.1) is 10.2 Å². The molecule has 1 unspecified atom stereocenters. The van der Waals surface area contributed by atoms with Crippen molar-refractivity contribution in [3.05, 3.63) is 29.3 Å². The number of aryl methyl sites for hydroxylation is 2. The van der Waals surface area contributed by atoms with E-state index in [9.17, 15) is 4.79 Å². The van der Waals surface area contributed by atoms with Crippen LogP contribution in [-0.4, -0.2) is 52.6 Å². The predicted molar refractivity (Wildman–Crippen MR) is 106 cm³/mol. The number of benzene rings is 1. The van der Waals surface area contributed by atoms with E-state index in [1.165, 1.54) is 34.2 Å². The number of nitrogens with one attached hydrogen (secondary N) is 1. The third-order valence-corrected chi connectivity index (χ3v) is 6.25. The van der Waals surface area contributed by atoms with Gasteiger partial charge in [0.25, 0.3) is 0 Å². The summed E-state index contributed by atoms with van der Waals surface area (Å²) in [4.78, 5) is 14.2. The largest absolute Gasteiger partial charge is 0.375 e. The Hall–Kier alpha value is -1.64. The number of aromatic nitrogens is 2. The minimum absolute atomic E-state index is 0.108. The van der Waals surface area contributed by atoms with Gasteiger partial charge < -0.3 is 15.0 Å². The summed E-state index contributed by atoms with van der Waals surface area (Å²) in [5.74, 6) is 0.508. The second-order valence-corrected chi connectivity index (χ2v) is 8.47. The maximum Gasteiger partial charge on any atom is 0.233 e. The number of morpholine rings is 1. The van der Waals surface area contributed by atoms with Gasteiger partial charge in [0.15, 0.2) is 4.34 Å². The summed E-state index contributed by atoms with van der Waals surface area (Å²) < 4.78 is 6.28. The first kappa shape index (κ1) is 19.1. The van der Waals surface area contributed by atoms with E-state index in [0.29, 0.717) is 25.4 Å². The molecule has 1 aromatic carbocycles. The highest BCUT2D eigenvalue weighted by Gasteiger charge is 2.21. The van der Waals surface area contributed by atoms with Gasteiger partial charge in [-0.1, -0.05) is 48.2 Å². The van der Waals surface area contributed by atoms with Crippen LogP contribution in [0.25, 0.3) is 0 Å². The lowest BCUT2D eigenvalue weighted by Gasteiger charge is -2.31. The van der Waals surface area contributed by atoms with E-state index >= 15 is 0 Å². The molecule has 26 heavy (non-hydrogen) atoms. The molecule has 0 radical (unpaired) electrons. The Kier molecular flexibility index (Phi) is 6.50. The van der Waals surface area contributed by atoms with Crippen LogP contribution in [0.3, 0.4) is 0 Å². The maximum atomic E-state index is 12.3. The van der Waals surface area contributed by atoms with Crippen LogP contribution in [0.15, 0.2) is 22.5 Å². The normalized spacial score (nSPS) is 17.3. The first-order valence-corrected chi connectivity index (χ1v) is 10.6. The number of hydrogen-bond acceptors (Lipinski definition) is 7. The van der Waals surface area contributed by atoms with Gasteiger partial charge in [-0.2, -0.15) is 0 Å². The van der Waals surface area contributed by atoms with Crippen LogP contribution in [-0.2, 0) is 16.0 Å². The summed E-state index contributed by atoms with van der Waals surface area (Å²) in [6, 6.07) is 6.27. The Morgan fingerprint density at radius 2 is 2.31 bits per heavy atom. The first-order valence-electron chi connectivity index (χ1n) is 8.78. The summed E-state index contributed by atoms with van der Waals surface area (Å²) in [6.07, 6.45) is 1.06. The third kappa shape index (κ3) is 4.75. The van der Waals surface area contributed by atoms with Crippen molar-refractivity contribution in [1.29, 1.82) is 0 Å². The van der Waals surface area contributed by atoms with E-state index in [1.807, 2.05) is 11.8 Å². The summed E-state index contributed by atoms with van der Waals surface area (Å²) in [5, 5.41) is 12.6. The second kappa shape index (κ2) is 8.83. The number of carbonyl (C=O) groups excluding carboxylic acids is 1. The van der Waals surface area contributed by atoms with Crippen molar-refractivity contribution < 1.29 is 9.53 Å². The predicted octanol–water partition coefficient (Wildman–Crippen LogP) is 3.49. The molecular weight excluding hydrogens is 368 g/mol. The van der Waals surface area contributed by atoms with Gasteiger partial charge in [-0.25, -0.2) is 0 Å². The summed E-state index contributed by atoms with van der Waals surface area (Å²) in [5.41, 5.74) is 3.54. The molecule has 1 aliphatic heterocycles. The van der Waals surface area contributed by atoms with Crippen LogP contribution in [0, 0.1) is 6.92 Å². The average molecular weight is 393 g/mol. The number of carbonyl (C=O) groups is 1. The third-order valence-electron chi connectivity index (χ3n) is 4.29. The molecule has 140 valence electrons. The first-order chi connectivity index (χ1) is 12.6. The highest BCUT2D eigenvalue weighted by molar-refractivity contribution is 8.01. The molecule has 1 aliphatic rings. The van der Waals surface area contributed by atoms with E-state index in [1.54, 1.807) is 0 Å². The molecule has 2 heterocycles. The van der Waals surface area contributed by atoms with Gasteiger partial charge in [0.1, 0.15) is 0 Å². The van der Waals surface area contributed by atoms with Crippen LogP contribution in [0.2, 0.25) is 0 Å². The fraction of sp³-hybridized carbons (Fsp3) is 0.500. The maximum absolute atomic E-state index is 12.3. The molecule has 0 saturated carbocycles. The molecule has 3 rings (SSSR count). The number of ether oxygens (including phenoxy) is 1. The van der Waals surface area contributed by atoms with E-state index in [0.717, 1.165) is 21.6 Å². The molecule has 1 fully saturated rings. The number of amides is 1. The van der Waals surface area contributed by atoms with E-state index in [-0.39, 0.29) is 12.0 Å². The molecule has 2 aromatic rings. The van der Waals surface area contributed by atoms with Gasteiger partial charge >= 0.3 is 0 Å². The zero-order valence-electron chi connectivity index (χ0n) is 15.3. The molecule has 1 N–H and O–H groups in total. The van der Waals surface area contributed by atoms with Crippen molar-refractivity contribution in [3.8, 4) is 0 Å². The topological polar surface area (TPSA) is 67.4 Å². The Morgan fingerprint density at radius 1 is 1.46 bits per heavy atom. The minimum atomic E-state index is 0.108. The van der Waals surface area contributed by atoms with Crippen LogP contribution in [0.5, 0.6) is 0 Å². The number of thioether (sulfide) groups is 1. The monoisotopic (exact) mass is 392 g/mol. The second-order valence-electron chi connectivity index (χ2n) is 6.27. The average Bonchev–Trinajstić information content (AvgIpc) is 3.09. The zero-order valence-corrected chi connectivity index (χ0v) is 17.0. The molecule has 1 aromatic heterocycles. The van der Waals surface area contributed by atoms with Crippen molar-refractivity contribution in [2.75, 3.05) is 30.8 Å². The molecule has 1 amide bonds. The Bertz CT molecular complexity index is 765. The highest BCUT2D eigenvalue weighted by atomic mass is 32.2. The van der Waals surface area contributed by atoms with Gasteiger partial charge in [-0.3, -0.25) is 4.79 Å². The molecule has 1 atom stereocenters. The fourth-order valence-electron chi connectivity index (χ4n) is 2.89. The van der Waals surface area contributed by atoms with E-state index < -0.39 is 0 Å². The number of nitrogens with zero attached hydrogens (tertiary/aromatic N) is 3. The zero-order chi connectivity index (χ0) is 18.5. The molecule has 0 bridgehead atoms. The lowest BCUT2D eigenvalue weighted by Crippen LogP contribution is -2.45. The van der Waals surface area contributed by atoms with Crippen molar-refractivity contribution in [1.82, 2.24) is 15.1 Å². The van der Waals surface area contributed by atoms with Crippen molar-refractivity contribution >= 4 is 39.8 Å². The number of rotatable bonds is 6. The van der Waals surface area contributed by atoms with Gasteiger partial charge in [0.2, 0.25) is 11.0 Å². The number of hydrogen-bond donors (Lipinski definition) is 1. The number of para-hydroxylation sites is 1. The van der Waals surface area contributed by atoms with Crippen molar-refractivity contribution in [3.63, 3.8) is 0 Å². The standard InChI is InChI=1S/C18H24N4O2S2/c1-4-14-7-5-6-12(2)16(14)19-17-20-21-18(26-17)25-11-15(23)22-8-9-24-13(3)10-22/h5-7,13H,4,8-11H2,1-3H3,(H,19,20). The highest BCUT2D eigenvalue weighted by Crippen LogP contribution is 2.30. The Morgan fingerprint density at radius 3 is 3.08 bits per heavy atom. The smallest absolute Gasteiger partial charge is 0.233 e. The molecule has 1 saturated heterocycles. The Labute approximate surface area is 162 Å². The molecule has 8 heteroatoms. The lowest BCUT2D eigenvalue weighted by molar-refractivity contribution is -0.135. The SMILES string of the molecule is CCc1cccc(C)c1Nc1nnc(SCC(=O)N2CCOC(C)C2)s1. The summed E-state index contributed by atoms with van der Waals surface area (Å²) in [6.45, 7) is 8.15. The number of anilines is 2. The van der Waals surface area contributed by atoms with Gasteiger partial charge in [0.05, 0.1) is 18.5 Å². The van der Waals surface area contributed by atoms with Crippen molar-refractivity contribution in [2.45, 2.75) is 37.6 Å². The summed E-state index contributed by atoms with van der Waals surface area (Å²) >= 11 is 2.92. The van der Waals surface area contributed by atoms with Gasteiger partial charge in [0, 0.05) is 18.8 Å². The van der Waals surface area contributed by atoms with Gasteiger partial charge in [-0.05, 0) is 31.4 Å². The lowest BCUT2D eigenvalue weighted by atomic mass is 10.1. The van der Waals surface area contributed by atoms with E-state index in [2.05, 4.69) is 47.6 Å². The Balaban J connectivity index is 1.58. The van der Waals surface area contributed by atoms with E-state index in [4.69, 9.17) is 4.74 Å². The summed E-state index contributed by atoms with van der Waals surface area (Å²) in [7, 11) is 0. The van der Waals surface area contributed by atoms with Crippen LogP contribution >= 0.6 is 23.1 Å². The molecular formula is C18H24N4O2S2. The molecule has 0 spiro atoms. The minimum Gasteiger partial charge on any atom is -0.375 e. The van der Waals surface area contributed by atoms with Crippen LogP contribution in [0.4, 0.5) is 10.8 Å². The van der Waals surface area contributed by atoms with Crippen LogP contribution in [0.1, 0.15) is 25.0 Å². The fourth-order valence-corrected chi connectivity index (χ4v) is 4.55. The quantitative estimate of drug-likeness (QED) is 0.759.